The van der Waals surface area contributed by atoms with Crippen molar-refractivity contribution in [2.24, 2.45) is 0 Å². The van der Waals surface area contributed by atoms with Crippen molar-refractivity contribution in [3.63, 3.8) is 0 Å². The van der Waals surface area contributed by atoms with Crippen LogP contribution in [0.3, 0.4) is 0 Å². The van der Waals surface area contributed by atoms with Crippen LogP contribution in [0.5, 0.6) is 5.75 Å². The Kier molecular flexibility index (Phi) is 4.87. The first-order chi connectivity index (χ1) is 9.19. The largest absolute Gasteiger partial charge is 0.496 e. The van der Waals surface area contributed by atoms with Crippen LogP contribution in [0.15, 0.2) is 24.3 Å². The molecular formula is C14H19N3OS. The summed E-state index contributed by atoms with van der Waals surface area (Å²) in [5.74, 6) is 0.902. The van der Waals surface area contributed by atoms with E-state index in [-0.39, 0.29) is 0 Å². The summed E-state index contributed by atoms with van der Waals surface area (Å²) in [4.78, 5) is 0. The van der Waals surface area contributed by atoms with Gasteiger partial charge in [-0.15, -0.1) is 10.2 Å². The minimum Gasteiger partial charge on any atom is -0.496 e. The summed E-state index contributed by atoms with van der Waals surface area (Å²) in [6.07, 6.45) is 0.767. The number of ether oxygens (including phenoxy) is 1. The first-order valence-electron chi connectivity index (χ1n) is 6.35. The molecule has 4 nitrogen and oxygen atoms in total. The van der Waals surface area contributed by atoms with Crippen molar-refractivity contribution in [2.45, 2.75) is 32.9 Å². The first kappa shape index (κ1) is 14.0. The van der Waals surface area contributed by atoms with Gasteiger partial charge < -0.3 is 10.1 Å². The van der Waals surface area contributed by atoms with E-state index in [4.69, 9.17) is 4.74 Å². The monoisotopic (exact) mass is 277 g/mol. The second kappa shape index (κ2) is 6.63. The number of hydrogen-bond acceptors (Lipinski definition) is 5. The molecule has 0 saturated heterocycles. The van der Waals surface area contributed by atoms with E-state index in [1.54, 1.807) is 18.4 Å². The fraction of sp³-hybridized carbons (Fsp3) is 0.429. The van der Waals surface area contributed by atoms with Gasteiger partial charge in [0, 0.05) is 24.6 Å². The highest BCUT2D eigenvalue weighted by Crippen LogP contribution is 2.22. The van der Waals surface area contributed by atoms with Crippen molar-refractivity contribution in [1.29, 1.82) is 0 Å². The highest BCUT2D eigenvalue weighted by atomic mass is 32.1. The Hall–Kier alpha value is -1.46. The van der Waals surface area contributed by atoms with Crippen molar-refractivity contribution in [3.8, 4) is 5.75 Å². The minimum absolute atomic E-state index is 0.460. The van der Waals surface area contributed by atoms with E-state index in [2.05, 4.69) is 35.4 Å². The molecule has 102 valence electrons. The van der Waals surface area contributed by atoms with Crippen LogP contribution < -0.4 is 10.1 Å². The number of benzene rings is 1. The first-order valence-corrected chi connectivity index (χ1v) is 7.17. The van der Waals surface area contributed by atoms with Gasteiger partial charge in [0.1, 0.15) is 15.8 Å². The van der Waals surface area contributed by atoms with E-state index < -0.39 is 0 Å². The lowest BCUT2D eigenvalue weighted by atomic mass is 10.1. The molecule has 0 fully saturated rings. The van der Waals surface area contributed by atoms with Crippen LogP contribution in [-0.2, 0) is 13.0 Å². The van der Waals surface area contributed by atoms with E-state index in [1.807, 2.05) is 18.2 Å². The summed E-state index contributed by atoms with van der Waals surface area (Å²) in [5, 5.41) is 13.8. The molecule has 19 heavy (non-hydrogen) atoms. The lowest BCUT2D eigenvalue weighted by molar-refractivity contribution is 0.410. The minimum atomic E-state index is 0.460. The topological polar surface area (TPSA) is 47.0 Å². The number of nitrogens with one attached hydrogen (secondary N) is 1. The molecule has 0 amide bonds. The van der Waals surface area contributed by atoms with Crippen molar-refractivity contribution in [1.82, 2.24) is 15.5 Å². The molecule has 0 aliphatic carbocycles. The summed E-state index contributed by atoms with van der Waals surface area (Å²) in [7, 11) is 1.69. The summed E-state index contributed by atoms with van der Waals surface area (Å²) < 4.78 is 5.35. The normalized spacial score (nSPS) is 10.9. The average molecular weight is 277 g/mol. The molecule has 2 aromatic rings. The molecule has 5 heteroatoms. The van der Waals surface area contributed by atoms with Gasteiger partial charge in [-0.1, -0.05) is 43.4 Å². The fourth-order valence-electron chi connectivity index (χ4n) is 1.73. The zero-order valence-corrected chi connectivity index (χ0v) is 12.3. The van der Waals surface area contributed by atoms with Crippen LogP contribution in [0.1, 0.15) is 29.4 Å². The fourth-order valence-corrected chi connectivity index (χ4v) is 2.55. The molecule has 0 unspecified atom stereocenters. The zero-order chi connectivity index (χ0) is 13.7. The van der Waals surface area contributed by atoms with Gasteiger partial charge in [-0.2, -0.15) is 0 Å². The van der Waals surface area contributed by atoms with Crippen molar-refractivity contribution in [2.75, 3.05) is 7.11 Å². The molecule has 1 heterocycles. The summed E-state index contributed by atoms with van der Waals surface area (Å²) >= 11 is 1.65. The summed E-state index contributed by atoms with van der Waals surface area (Å²) in [6, 6.07) is 8.48. The molecule has 1 N–H and O–H groups in total. The quantitative estimate of drug-likeness (QED) is 0.881. The van der Waals surface area contributed by atoms with Crippen molar-refractivity contribution < 1.29 is 4.74 Å². The number of aromatic nitrogens is 2. The number of hydrogen-bond donors (Lipinski definition) is 1. The van der Waals surface area contributed by atoms with E-state index in [9.17, 15) is 0 Å². The van der Waals surface area contributed by atoms with Crippen molar-refractivity contribution in [3.05, 3.63) is 39.8 Å². The highest BCUT2D eigenvalue weighted by Gasteiger charge is 2.08. The Morgan fingerprint density at radius 3 is 2.68 bits per heavy atom. The van der Waals surface area contributed by atoms with Gasteiger partial charge >= 0.3 is 0 Å². The molecule has 1 aromatic carbocycles. The SMILES string of the molecule is COc1ccccc1Cc1nnc(CNC(C)C)s1. The predicted octanol–water partition coefficient (Wildman–Crippen LogP) is 2.64. The van der Waals surface area contributed by atoms with Crippen molar-refractivity contribution >= 4 is 11.3 Å². The molecule has 2 rings (SSSR count). The van der Waals surface area contributed by atoms with Crippen LogP contribution >= 0.6 is 11.3 Å². The Labute approximate surface area is 117 Å². The van der Waals surface area contributed by atoms with Gasteiger partial charge in [0.05, 0.1) is 7.11 Å². The van der Waals surface area contributed by atoms with E-state index in [0.717, 1.165) is 34.3 Å². The molecule has 0 radical (unpaired) electrons. The summed E-state index contributed by atoms with van der Waals surface area (Å²) in [6.45, 7) is 5.02. The Morgan fingerprint density at radius 2 is 1.95 bits per heavy atom. The Morgan fingerprint density at radius 1 is 1.21 bits per heavy atom. The zero-order valence-electron chi connectivity index (χ0n) is 11.5. The molecular weight excluding hydrogens is 258 g/mol. The molecule has 1 aromatic heterocycles. The van der Waals surface area contributed by atoms with Crippen LogP contribution in [0, 0.1) is 0 Å². The molecule has 0 aliphatic heterocycles. The third kappa shape index (κ3) is 4.01. The standard InChI is InChI=1S/C14H19N3OS/c1-10(2)15-9-14-17-16-13(19-14)8-11-6-4-5-7-12(11)18-3/h4-7,10,15H,8-9H2,1-3H3. The lowest BCUT2D eigenvalue weighted by Crippen LogP contribution is -2.21. The third-order valence-corrected chi connectivity index (χ3v) is 3.63. The molecule has 0 spiro atoms. The molecule has 0 bridgehead atoms. The van der Waals surface area contributed by atoms with E-state index >= 15 is 0 Å². The molecule has 0 atom stereocenters. The predicted molar refractivity (Wildman–Crippen MR) is 77.7 cm³/mol. The maximum Gasteiger partial charge on any atom is 0.131 e. The van der Waals surface area contributed by atoms with E-state index in [0.29, 0.717) is 6.04 Å². The number of nitrogens with zero attached hydrogens (tertiary/aromatic N) is 2. The summed E-state index contributed by atoms with van der Waals surface area (Å²) in [5.41, 5.74) is 1.14. The smallest absolute Gasteiger partial charge is 0.131 e. The van der Waals surface area contributed by atoms with Crippen LogP contribution in [-0.4, -0.2) is 23.3 Å². The maximum absolute atomic E-state index is 5.35. The van der Waals surface area contributed by atoms with Gasteiger partial charge in [-0.05, 0) is 6.07 Å². The van der Waals surface area contributed by atoms with Gasteiger partial charge in [-0.25, -0.2) is 0 Å². The number of methoxy groups -OCH3 is 1. The Bertz CT molecular complexity index is 525. The van der Waals surface area contributed by atoms with Gasteiger partial charge in [-0.3, -0.25) is 0 Å². The van der Waals surface area contributed by atoms with Gasteiger partial charge in [0.2, 0.25) is 0 Å². The molecule has 0 saturated carbocycles. The second-order valence-corrected chi connectivity index (χ2v) is 5.76. The van der Waals surface area contributed by atoms with Gasteiger partial charge in [0.15, 0.2) is 0 Å². The van der Waals surface area contributed by atoms with Crippen LogP contribution in [0.2, 0.25) is 0 Å². The average Bonchev–Trinajstić information content (AvgIpc) is 2.85. The number of para-hydroxylation sites is 1. The van der Waals surface area contributed by atoms with Crippen LogP contribution in [0.4, 0.5) is 0 Å². The van der Waals surface area contributed by atoms with Crippen LogP contribution in [0.25, 0.3) is 0 Å². The van der Waals surface area contributed by atoms with E-state index in [1.165, 1.54) is 0 Å². The van der Waals surface area contributed by atoms with Gasteiger partial charge in [0.25, 0.3) is 0 Å². The highest BCUT2D eigenvalue weighted by molar-refractivity contribution is 7.11. The third-order valence-electron chi connectivity index (χ3n) is 2.70. The number of rotatable bonds is 6. The maximum atomic E-state index is 5.35. The Balaban J connectivity index is 2.03. The second-order valence-electron chi connectivity index (χ2n) is 4.61. The lowest BCUT2D eigenvalue weighted by Gasteiger charge is -2.05. The molecule has 0 aliphatic rings.